The molecule has 0 saturated heterocycles. The number of thiophene rings is 1. The number of amides is 1. The van der Waals surface area contributed by atoms with Crippen LogP contribution in [0.4, 0.5) is 5.69 Å². The van der Waals surface area contributed by atoms with Crippen LogP contribution in [0.5, 0.6) is 0 Å². The molecule has 3 rings (SSSR count). The van der Waals surface area contributed by atoms with Crippen molar-refractivity contribution in [2.45, 2.75) is 51.9 Å². The number of anilines is 1. The van der Waals surface area contributed by atoms with Crippen molar-refractivity contribution in [1.29, 1.82) is 0 Å². The second-order valence-corrected chi connectivity index (χ2v) is 7.29. The topological polar surface area (TPSA) is 29.1 Å². The lowest BCUT2D eigenvalue weighted by atomic mass is 9.88. The third-order valence-electron chi connectivity index (χ3n) is 4.53. The molecule has 0 atom stereocenters. The van der Waals surface area contributed by atoms with Gasteiger partial charge in [-0.25, -0.2) is 0 Å². The Bertz CT molecular complexity index is 668. The molecule has 2 aromatic rings. The van der Waals surface area contributed by atoms with Crippen LogP contribution in [-0.4, -0.2) is 5.91 Å². The van der Waals surface area contributed by atoms with Gasteiger partial charge in [-0.15, -0.1) is 11.3 Å². The minimum absolute atomic E-state index is 0.00649. The molecule has 1 N–H and O–H groups in total. The molecule has 1 aromatic carbocycles. The summed E-state index contributed by atoms with van der Waals surface area (Å²) in [6.45, 7) is 4.07. The highest BCUT2D eigenvalue weighted by Crippen LogP contribution is 2.36. The Kier molecular flexibility index (Phi) is 4.63. The first-order valence-electron chi connectivity index (χ1n) is 8.10. The Balaban J connectivity index is 1.72. The Morgan fingerprint density at radius 2 is 1.91 bits per heavy atom. The molecule has 0 radical (unpaired) electrons. The molecule has 1 aliphatic carbocycles. The maximum Gasteiger partial charge on any atom is 0.256 e. The van der Waals surface area contributed by atoms with Crippen LogP contribution in [0, 0.1) is 13.8 Å². The lowest BCUT2D eigenvalue weighted by molar-refractivity contribution is 0.102. The molecule has 1 saturated carbocycles. The predicted molar refractivity (Wildman–Crippen MR) is 94.0 cm³/mol. The molecule has 3 heteroatoms. The van der Waals surface area contributed by atoms with Gasteiger partial charge in [-0.3, -0.25) is 4.79 Å². The second-order valence-electron chi connectivity index (χ2n) is 6.35. The standard InChI is InChI=1S/C19H23NOS/c1-13-8-9-14(2)17(10-13)20-19(21)16-11-18(22-12-16)15-6-4-3-5-7-15/h8-12,15H,3-7H2,1-2H3,(H,20,21). The molecule has 0 aliphatic heterocycles. The van der Waals surface area contributed by atoms with Crippen molar-refractivity contribution in [3.8, 4) is 0 Å². The van der Waals surface area contributed by atoms with Gasteiger partial charge in [0.1, 0.15) is 0 Å². The van der Waals surface area contributed by atoms with Crippen LogP contribution in [0.3, 0.4) is 0 Å². The summed E-state index contributed by atoms with van der Waals surface area (Å²) < 4.78 is 0. The van der Waals surface area contributed by atoms with E-state index in [9.17, 15) is 4.79 Å². The maximum atomic E-state index is 12.5. The van der Waals surface area contributed by atoms with Gasteiger partial charge < -0.3 is 5.32 Å². The number of aryl methyl sites for hydroxylation is 2. The first kappa shape index (κ1) is 15.3. The monoisotopic (exact) mass is 313 g/mol. The SMILES string of the molecule is Cc1ccc(C)c(NC(=O)c2csc(C3CCCCC3)c2)c1. The van der Waals surface area contributed by atoms with Gasteiger partial charge in [-0.2, -0.15) is 0 Å². The van der Waals surface area contributed by atoms with Crippen LogP contribution in [0.1, 0.15) is 64.4 Å². The van der Waals surface area contributed by atoms with E-state index in [4.69, 9.17) is 0 Å². The van der Waals surface area contributed by atoms with Crippen LogP contribution < -0.4 is 5.32 Å². The fourth-order valence-electron chi connectivity index (χ4n) is 3.14. The maximum absolute atomic E-state index is 12.5. The zero-order valence-corrected chi connectivity index (χ0v) is 14.1. The van der Waals surface area contributed by atoms with Crippen molar-refractivity contribution < 1.29 is 4.79 Å². The van der Waals surface area contributed by atoms with Crippen molar-refractivity contribution in [3.63, 3.8) is 0 Å². The van der Waals surface area contributed by atoms with E-state index in [1.807, 2.05) is 31.4 Å². The Labute approximate surface area is 136 Å². The molecule has 1 fully saturated rings. The van der Waals surface area contributed by atoms with Crippen LogP contribution >= 0.6 is 11.3 Å². The summed E-state index contributed by atoms with van der Waals surface area (Å²) in [7, 11) is 0. The molecule has 1 aromatic heterocycles. The molecule has 1 heterocycles. The molecule has 2 nitrogen and oxygen atoms in total. The number of benzene rings is 1. The highest BCUT2D eigenvalue weighted by molar-refractivity contribution is 7.10. The number of carbonyl (C=O) groups is 1. The molecular formula is C19H23NOS. The van der Waals surface area contributed by atoms with Gasteiger partial charge >= 0.3 is 0 Å². The van der Waals surface area contributed by atoms with Gasteiger partial charge in [-0.1, -0.05) is 31.4 Å². The minimum Gasteiger partial charge on any atom is -0.322 e. The van der Waals surface area contributed by atoms with E-state index in [0.717, 1.165) is 22.4 Å². The molecule has 116 valence electrons. The van der Waals surface area contributed by atoms with Crippen LogP contribution in [0.15, 0.2) is 29.6 Å². The van der Waals surface area contributed by atoms with Crippen LogP contribution in [-0.2, 0) is 0 Å². The first-order valence-corrected chi connectivity index (χ1v) is 8.98. The molecule has 0 unspecified atom stereocenters. The van der Waals surface area contributed by atoms with Crippen LogP contribution in [0.2, 0.25) is 0 Å². The van der Waals surface area contributed by atoms with Gasteiger partial charge in [0, 0.05) is 15.9 Å². The summed E-state index contributed by atoms with van der Waals surface area (Å²) in [4.78, 5) is 13.8. The average molecular weight is 313 g/mol. The minimum atomic E-state index is 0.00649. The Morgan fingerprint density at radius 3 is 2.68 bits per heavy atom. The Hall–Kier alpha value is -1.61. The third-order valence-corrected chi connectivity index (χ3v) is 5.63. The summed E-state index contributed by atoms with van der Waals surface area (Å²) >= 11 is 1.74. The van der Waals surface area contributed by atoms with Crippen LogP contribution in [0.25, 0.3) is 0 Å². The number of nitrogens with one attached hydrogen (secondary N) is 1. The van der Waals surface area contributed by atoms with Gasteiger partial charge in [0.25, 0.3) is 5.91 Å². The number of hydrogen-bond acceptors (Lipinski definition) is 2. The fraction of sp³-hybridized carbons (Fsp3) is 0.421. The molecule has 1 aliphatic rings. The molecule has 1 amide bonds. The van der Waals surface area contributed by atoms with E-state index in [0.29, 0.717) is 5.92 Å². The fourth-order valence-corrected chi connectivity index (χ4v) is 4.20. The molecular weight excluding hydrogens is 290 g/mol. The van der Waals surface area contributed by atoms with E-state index in [-0.39, 0.29) is 5.91 Å². The quantitative estimate of drug-likeness (QED) is 0.777. The number of carbonyl (C=O) groups excluding carboxylic acids is 1. The third kappa shape index (κ3) is 3.41. The number of rotatable bonds is 3. The first-order chi connectivity index (χ1) is 10.6. The van der Waals surface area contributed by atoms with E-state index in [1.165, 1.54) is 37.0 Å². The predicted octanol–water partition coefficient (Wildman–Crippen LogP) is 5.66. The van der Waals surface area contributed by atoms with E-state index in [2.05, 4.69) is 17.4 Å². The summed E-state index contributed by atoms with van der Waals surface area (Å²) in [5, 5.41) is 5.06. The normalized spacial score (nSPS) is 15.7. The van der Waals surface area contributed by atoms with Gasteiger partial charge in [0.15, 0.2) is 0 Å². The molecule has 0 spiro atoms. The number of hydrogen-bond donors (Lipinski definition) is 1. The highest BCUT2D eigenvalue weighted by atomic mass is 32.1. The highest BCUT2D eigenvalue weighted by Gasteiger charge is 2.19. The lowest BCUT2D eigenvalue weighted by Crippen LogP contribution is -2.12. The van der Waals surface area contributed by atoms with Crippen molar-refractivity contribution in [3.05, 3.63) is 51.2 Å². The average Bonchev–Trinajstić information content (AvgIpc) is 3.02. The molecule has 0 bridgehead atoms. The summed E-state index contributed by atoms with van der Waals surface area (Å²) in [6.07, 6.45) is 6.57. The van der Waals surface area contributed by atoms with Crippen molar-refractivity contribution in [1.82, 2.24) is 0 Å². The van der Waals surface area contributed by atoms with E-state index < -0.39 is 0 Å². The van der Waals surface area contributed by atoms with Crippen molar-refractivity contribution in [2.24, 2.45) is 0 Å². The van der Waals surface area contributed by atoms with Gasteiger partial charge in [0.2, 0.25) is 0 Å². The van der Waals surface area contributed by atoms with Crippen molar-refractivity contribution in [2.75, 3.05) is 5.32 Å². The molecule has 22 heavy (non-hydrogen) atoms. The zero-order valence-electron chi connectivity index (χ0n) is 13.3. The van der Waals surface area contributed by atoms with Gasteiger partial charge in [0.05, 0.1) is 5.56 Å². The zero-order chi connectivity index (χ0) is 15.5. The van der Waals surface area contributed by atoms with Gasteiger partial charge in [-0.05, 0) is 55.9 Å². The van der Waals surface area contributed by atoms with Crippen molar-refractivity contribution >= 4 is 22.9 Å². The van der Waals surface area contributed by atoms with E-state index in [1.54, 1.807) is 11.3 Å². The summed E-state index contributed by atoms with van der Waals surface area (Å²) in [5.41, 5.74) is 3.97. The summed E-state index contributed by atoms with van der Waals surface area (Å²) in [5.74, 6) is 0.674. The largest absolute Gasteiger partial charge is 0.322 e. The summed E-state index contributed by atoms with van der Waals surface area (Å²) in [6, 6.07) is 8.24. The smallest absolute Gasteiger partial charge is 0.256 e. The lowest BCUT2D eigenvalue weighted by Gasteiger charge is -2.19. The Morgan fingerprint density at radius 1 is 1.14 bits per heavy atom. The second kappa shape index (κ2) is 6.66. The van der Waals surface area contributed by atoms with E-state index >= 15 is 0 Å².